The van der Waals surface area contributed by atoms with Gasteiger partial charge < -0.3 is 4.74 Å². The molecule has 1 aromatic heterocycles. The number of halogens is 2. The predicted molar refractivity (Wildman–Crippen MR) is 68.7 cm³/mol. The molecular formula is C13H14ClFN2O. The van der Waals surface area contributed by atoms with E-state index in [1.54, 1.807) is 36.9 Å². The van der Waals surface area contributed by atoms with Crippen LogP contribution in [0.2, 0.25) is 0 Å². The second-order valence-corrected chi connectivity index (χ2v) is 4.38. The molecule has 0 fully saturated rings. The third kappa shape index (κ3) is 2.20. The third-order valence-electron chi connectivity index (χ3n) is 2.79. The second-order valence-electron chi connectivity index (χ2n) is 4.12. The van der Waals surface area contributed by atoms with Gasteiger partial charge in [0.1, 0.15) is 0 Å². The highest BCUT2D eigenvalue weighted by Gasteiger charge is 2.16. The van der Waals surface area contributed by atoms with Crippen LogP contribution in [-0.2, 0) is 12.9 Å². The monoisotopic (exact) mass is 268 g/mol. The molecule has 0 radical (unpaired) electrons. The zero-order chi connectivity index (χ0) is 13.3. The molecule has 1 heterocycles. The second kappa shape index (κ2) is 4.98. The third-order valence-corrected chi connectivity index (χ3v) is 3.05. The Balaban J connectivity index is 2.43. The van der Waals surface area contributed by atoms with Crippen molar-refractivity contribution >= 4 is 11.6 Å². The summed E-state index contributed by atoms with van der Waals surface area (Å²) in [6.45, 7) is 3.54. The van der Waals surface area contributed by atoms with Gasteiger partial charge in [0.05, 0.1) is 17.1 Å². The molecule has 2 aromatic rings. The van der Waals surface area contributed by atoms with Crippen LogP contribution in [0.25, 0.3) is 0 Å². The van der Waals surface area contributed by atoms with Gasteiger partial charge in [0, 0.05) is 7.05 Å². The number of hydrogen-bond donors (Lipinski definition) is 0. The van der Waals surface area contributed by atoms with E-state index in [9.17, 15) is 4.39 Å². The van der Waals surface area contributed by atoms with Crippen LogP contribution in [0.15, 0.2) is 18.2 Å². The highest BCUT2D eigenvalue weighted by atomic mass is 35.5. The van der Waals surface area contributed by atoms with E-state index >= 15 is 0 Å². The van der Waals surface area contributed by atoms with Gasteiger partial charge in [-0.05, 0) is 25.5 Å². The van der Waals surface area contributed by atoms with Crippen molar-refractivity contribution in [1.29, 1.82) is 0 Å². The van der Waals surface area contributed by atoms with Crippen molar-refractivity contribution < 1.29 is 9.13 Å². The van der Waals surface area contributed by atoms with Gasteiger partial charge in [-0.2, -0.15) is 5.10 Å². The highest BCUT2D eigenvalue weighted by Crippen LogP contribution is 2.30. The lowest BCUT2D eigenvalue weighted by Gasteiger charge is -2.09. The molecule has 0 spiro atoms. The molecule has 0 bridgehead atoms. The van der Waals surface area contributed by atoms with E-state index in [0.29, 0.717) is 11.4 Å². The Kier molecular flexibility index (Phi) is 3.57. The summed E-state index contributed by atoms with van der Waals surface area (Å²) in [5.74, 6) is 0.579. The van der Waals surface area contributed by atoms with Gasteiger partial charge in [-0.1, -0.05) is 12.1 Å². The summed E-state index contributed by atoms with van der Waals surface area (Å²) in [5.41, 5.74) is 2.11. The first-order valence-electron chi connectivity index (χ1n) is 5.56. The summed E-state index contributed by atoms with van der Waals surface area (Å²) in [4.78, 5) is 0. The quantitative estimate of drug-likeness (QED) is 0.794. The maximum atomic E-state index is 13.9. The molecule has 3 nitrogen and oxygen atoms in total. The number of nitrogens with zero attached hydrogens (tertiary/aromatic N) is 2. The van der Waals surface area contributed by atoms with Crippen LogP contribution in [0.3, 0.4) is 0 Å². The van der Waals surface area contributed by atoms with Crippen molar-refractivity contribution in [3.8, 4) is 11.6 Å². The Morgan fingerprint density at radius 1 is 1.39 bits per heavy atom. The van der Waals surface area contributed by atoms with Crippen molar-refractivity contribution in [3.05, 3.63) is 40.8 Å². The molecule has 96 valence electrons. The molecule has 5 heteroatoms. The Labute approximate surface area is 110 Å². The number of aryl methyl sites for hydroxylation is 3. The number of alkyl halides is 1. The molecule has 0 saturated heterocycles. The van der Waals surface area contributed by atoms with Crippen LogP contribution in [0, 0.1) is 19.7 Å². The molecule has 0 atom stereocenters. The molecule has 18 heavy (non-hydrogen) atoms. The topological polar surface area (TPSA) is 27.1 Å². The summed E-state index contributed by atoms with van der Waals surface area (Å²) < 4.78 is 21.0. The van der Waals surface area contributed by atoms with E-state index in [1.807, 2.05) is 6.92 Å². The summed E-state index contributed by atoms with van der Waals surface area (Å²) in [6, 6.07) is 5.03. The van der Waals surface area contributed by atoms with Crippen molar-refractivity contribution in [3.63, 3.8) is 0 Å². The van der Waals surface area contributed by atoms with Gasteiger partial charge in [-0.3, -0.25) is 0 Å². The maximum absolute atomic E-state index is 13.9. The van der Waals surface area contributed by atoms with Crippen molar-refractivity contribution in [2.24, 2.45) is 7.05 Å². The summed E-state index contributed by atoms with van der Waals surface area (Å²) in [6.07, 6.45) is 0. The standard InChI is InChI=1S/C13H14ClFN2O/c1-8-5-4-6-11(12(8)15)18-13-10(7-14)9(2)16-17(13)3/h4-6H,7H2,1-3H3. The predicted octanol–water partition coefficient (Wildman–Crippen LogP) is 3.71. The molecule has 1 aromatic carbocycles. The summed E-state index contributed by atoms with van der Waals surface area (Å²) in [7, 11) is 1.74. The highest BCUT2D eigenvalue weighted by molar-refractivity contribution is 6.17. The summed E-state index contributed by atoms with van der Waals surface area (Å²) in [5, 5.41) is 4.21. The van der Waals surface area contributed by atoms with Crippen LogP contribution in [0.4, 0.5) is 4.39 Å². The lowest BCUT2D eigenvalue weighted by atomic mass is 10.2. The fourth-order valence-electron chi connectivity index (χ4n) is 1.77. The minimum absolute atomic E-state index is 0.185. The maximum Gasteiger partial charge on any atom is 0.222 e. The Hall–Kier alpha value is -1.55. The fourth-order valence-corrected chi connectivity index (χ4v) is 2.07. The molecule has 0 saturated carbocycles. The van der Waals surface area contributed by atoms with E-state index in [0.717, 1.165) is 11.3 Å². The van der Waals surface area contributed by atoms with Crippen LogP contribution < -0.4 is 4.74 Å². The zero-order valence-electron chi connectivity index (χ0n) is 10.5. The number of hydrogen-bond acceptors (Lipinski definition) is 2. The molecule has 0 unspecified atom stereocenters. The van der Waals surface area contributed by atoms with Crippen molar-refractivity contribution in [2.45, 2.75) is 19.7 Å². The average molecular weight is 269 g/mol. The molecule has 0 aliphatic carbocycles. The first kappa shape index (κ1) is 12.9. The zero-order valence-corrected chi connectivity index (χ0v) is 11.3. The fraction of sp³-hybridized carbons (Fsp3) is 0.308. The largest absolute Gasteiger partial charge is 0.436 e. The number of rotatable bonds is 3. The van der Waals surface area contributed by atoms with E-state index < -0.39 is 0 Å². The van der Waals surface area contributed by atoms with Crippen LogP contribution >= 0.6 is 11.6 Å². The van der Waals surface area contributed by atoms with Crippen molar-refractivity contribution in [1.82, 2.24) is 9.78 Å². The minimum atomic E-state index is -0.364. The Bertz CT molecular complexity index is 581. The van der Waals surface area contributed by atoms with E-state index in [2.05, 4.69) is 5.10 Å². The molecule has 0 aliphatic heterocycles. The van der Waals surface area contributed by atoms with E-state index in [4.69, 9.17) is 16.3 Å². The molecular weight excluding hydrogens is 255 g/mol. The molecule has 0 amide bonds. The SMILES string of the molecule is Cc1cccc(Oc2c(CCl)c(C)nn2C)c1F. The lowest BCUT2D eigenvalue weighted by Crippen LogP contribution is -1.98. The number of ether oxygens (including phenoxy) is 1. The Morgan fingerprint density at radius 2 is 2.11 bits per heavy atom. The Morgan fingerprint density at radius 3 is 2.78 bits per heavy atom. The number of benzene rings is 1. The van der Waals surface area contributed by atoms with Crippen LogP contribution in [0.1, 0.15) is 16.8 Å². The van der Waals surface area contributed by atoms with Gasteiger partial charge in [0.15, 0.2) is 11.6 Å². The van der Waals surface area contributed by atoms with Gasteiger partial charge in [0.25, 0.3) is 0 Å². The minimum Gasteiger partial charge on any atom is -0.436 e. The van der Waals surface area contributed by atoms with Crippen molar-refractivity contribution in [2.75, 3.05) is 0 Å². The van der Waals surface area contributed by atoms with E-state index in [-0.39, 0.29) is 17.4 Å². The molecule has 2 rings (SSSR count). The van der Waals surface area contributed by atoms with Gasteiger partial charge in [-0.15, -0.1) is 11.6 Å². The average Bonchev–Trinajstić information content (AvgIpc) is 2.59. The van der Waals surface area contributed by atoms with Gasteiger partial charge in [0.2, 0.25) is 5.88 Å². The molecule has 0 N–H and O–H groups in total. The van der Waals surface area contributed by atoms with E-state index in [1.165, 1.54) is 0 Å². The lowest BCUT2D eigenvalue weighted by molar-refractivity contribution is 0.399. The molecule has 0 aliphatic rings. The first-order valence-corrected chi connectivity index (χ1v) is 6.09. The summed E-state index contributed by atoms with van der Waals surface area (Å²) >= 11 is 5.86. The smallest absolute Gasteiger partial charge is 0.222 e. The van der Waals surface area contributed by atoms with Gasteiger partial charge in [-0.25, -0.2) is 9.07 Å². The first-order chi connectivity index (χ1) is 8.54. The van der Waals surface area contributed by atoms with Gasteiger partial charge >= 0.3 is 0 Å². The number of aromatic nitrogens is 2. The van der Waals surface area contributed by atoms with Crippen LogP contribution in [0.5, 0.6) is 11.6 Å². The van der Waals surface area contributed by atoms with Crippen LogP contribution in [-0.4, -0.2) is 9.78 Å². The normalized spacial score (nSPS) is 10.7.